The minimum Gasteiger partial charge on any atom is -0.461 e. The van der Waals surface area contributed by atoms with Gasteiger partial charge >= 0.3 is 0 Å². The third kappa shape index (κ3) is 6.13. The SMILES string of the molecule is CN=C(NCCc1nc(-c2ccco2)n[nH]1)NC1CCCN(c2ccccc2Cl)C1.I. The van der Waals surface area contributed by atoms with Crippen LogP contribution in [-0.2, 0) is 6.42 Å². The molecule has 1 atom stereocenters. The monoisotopic (exact) mass is 555 g/mol. The maximum atomic E-state index is 6.38. The highest BCUT2D eigenvalue weighted by atomic mass is 127. The number of furan rings is 1. The number of hydrogen-bond acceptors (Lipinski definition) is 5. The molecular formula is C21H27ClIN7O. The van der Waals surface area contributed by atoms with E-state index in [1.807, 2.05) is 30.3 Å². The predicted octanol–water partition coefficient (Wildman–Crippen LogP) is 3.71. The number of piperidine rings is 1. The van der Waals surface area contributed by atoms with Crippen LogP contribution in [0.25, 0.3) is 11.6 Å². The fraction of sp³-hybridized carbons (Fsp3) is 0.381. The van der Waals surface area contributed by atoms with Crippen LogP contribution in [0.4, 0.5) is 5.69 Å². The van der Waals surface area contributed by atoms with Gasteiger partial charge in [0.15, 0.2) is 11.7 Å². The molecule has 1 saturated heterocycles. The van der Waals surface area contributed by atoms with Gasteiger partial charge in [-0.1, -0.05) is 23.7 Å². The number of para-hydroxylation sites is 1. The molecule has 0 radical (unpaired) electrons. The number of hydrogen-bond donors (Lipinski definition) is 3. The van der Waals surface area contributed by atoms with Gasteiger partial charge in [0.1, 0.15) is 5.82 Å². The van der Waals surface area contributed by atoms with Crippen molar-refractivity contribution in [2.45, 2.75) is 25.3 Å². The summed E-state index contributed by atoms with van der Waals surface area (Å²) in [5.41, 5.74) is 1.09. The van der Waals surface area contributed by atoms with Gasteiger partial charge in [-0.2, -0.15) is 5.10 Å². The quantitative estimate of drug-likeness (QED) is 0.244. The largest absolute Gasteiger partial charge is 0.461 e. The number of H-pyrrole nitrogens is 1. The number of aromatic amines is 1. The van der Waals surface area contributed by atoms with E-state index in [0.29, 0.717) is 30.6 Å². The summed E-state index contributed by atoms with van der Waals surface area (Å²) in [5.74, 6) is 2.81. The summed E-state index contributed by atoms with van der Waals surface area (Å²) in [4.78, 5) is 11.2. The van der Waals surface area contributed by atoms with Crippen molar-refractivity contribution in [3.05, 3.63) is 53.5 Å². The Morgan fingerprint density at radius 2 is 2.19 bits per heavy atom. The van der Waals surface area contributed by atoms with Gasteiger partial charge in [-0.25, -0.2) is 4.98 Å². The Balaban J connectivity index is 0.00000272. The summed E-state index contributed by atoms with van der Waals surface area (Å²) < 4.78 is 5.32. The van der Waals surface area contributed by atoms with Crippen LogP contribution in [0.5, 0.6) is 0 Å². The summed E-state index contributed by atoms with van der Waals surface area (Å²) in [5, 5.41) is 14.8. The Morgan fingerprint density at radius 3 is 2.97 bits per heavy atom. The molecule has 0 bridgehead atoms. The lowest BCUT2D eigenvalue weighted by atomic mass is 10.0. The minimum absolute atomic E-state index is 0. The number of benzene rings is 1. The van der Waals surface area contributed by atoms with Gasteiger partial charge in [0.25, 0.3) is 0 Å². The van der Waals surface area contributed by atoms with Crippen molar-refractivity contribution in [1.29, 1.82) is 0 Å². The van der Waals surface area contributed by atoms with E-state index >= 15 is 0 Å². The van der Waals surface area contributed by atoms with Crippen LogP contribution in [-0.4, -0.2) is 53.9 Å². The van der Waals surface area contributed by atoms with Gasteiger partial charge in [-0.05, 0) is 37.1 Å². The summed E-state index contributed by atoms with van der Waals surface area (Å²) in [6.07, 6.45) is 4.51. The first kappa shape index (κ1) is 23.4. The van der Waals surface area contributed by atoms with E-state index in [0.717, 1.165) is 48.4 Å². The highest BCUT2D eigenvalue weighted by Crippen LogP contribution is 2.27. The highest BCUT2D eigenvalue weighted by molar-refractivity contribution is 14.0. The van der Waals surface area contributed by atoms with Crippen molar-refractivity contribution in [2.24, 2.45) is 4.99 Å². The molecular weight excluding hydrogens is 529 g/mol. The second kappa shape index (κ2) is 11.4. The second-order valence-corrected chi connectivity index (χ2v) is 7.62. The molecule has 3 aromatic rings. The van der Waals surface area contributed by atoms with Crippen molar-refractivity contribution in [3.8, 4) is 11.6 Å². The molecule has 31 heavy (non-hydrogen) atoms. The van der Waals surface area contributed by atoms with Gasteiger partial charge in [0, 0.05) is 39.1 Å². The van der Waals surface area contributed by atoms with Crippen molar-refractivity contribution in [2.75, 3.05) is 31.6 Å². The molecule has 0 amide bonds. The maximum Gasteiger partial charge on any atom is 0.216 e. The van der Waals surface area contributed by atoms with Gasteiger partial charge in [-0.15, -0.1) is 24.0 Å². The van der Waals surface area contributed by atoms with Gasteiger partial charge in [0.2, 0.25) is 5.82 Å². The molecule has 4 rings (SSSR count). The number of nitrogens with one attached hydrogen (secondary N) is 3. The second-order valence-electron chi connectivity index (χ2n) is 7.21. The summed E-state index contributed by atoms with van der Waals surface area (Å²) >= 11 is 6.38. The van der Waals surface area contributed by atoms with E-state index in [1.165, 1.54) is 0 Å². The molecule has 0 saturated carbocycles. The average Bonchev–Trinajstić information content (AvgIpc) is 3.45. The van der Waals surface area contributed by atoms with E-state index in [9.17, 15) is 0 Å². The third-order valence-electron chi connectivity index (χ3n) is 5.11. The lowest BCUT2D eigenvalue weighted by Gasteiger charge is -2.35. The molecule has 2 aromatic heterocycles. The van der Waals surface area contributed by atoms with Crippen LogP contribution >= 0.6 is 35.6 Å². The van der Waals surface area contributed by atoms with Crippen molar-refractivity contribution in [3.63, 3.8) is 0 Å². The number of anilines is 1. The molecule has 10 heteroatoms. The number of halogens is 2. The Bertz CT molecular complexity index is 976. The fourth-order valence-electron chi connectivity index (χ4n) is 3.63. The molecule has 3 N–H and O–H groups in total. The number of aliphatic imine (C=N–C) groups is 1. The zero-order valence-corrected chi connectivity index (χ0v) is 20.4. The summed E-state index contributed by atoms with van der Waals surface area (Å²) in [7, 11) is 1.79. The minimum atomic E-state index is 0. The highest BCUT2D eigenvalue weighted by Gasteiger charge is 2.22. The van der Waals surface area contributed by atoms with E-state index in [4.69, 9.17) is 16.0 Å². The molecule has 8 nitrogen and oxygen atoms in total. The van der Waals surface area contributed by atoms with Gasteiger partial charge in [-0.3, -0.25) is 10.1 Å². The van der Waals surface area contributed by atoms with Crippen molar-refractivity contribution in [1.82, 2.24) is 25.8 Å². The topological polar surface area (TPSA) is 94.4 Å². The summed E-state index contributed by atoms with van der Waals surface area (Å²) in [6.45, 7) is 2.59. The van der Waals surface area contributed by atoms with E-state index in [-0.39, 0.29) is 24.0 Å². The molecule has 0 spiro atoms. The Hall–Kier alpha value is -2.27. The first-order chi connectivity index (χ1) is 14.7. The summed E-state index contributed by atoms with van der Waals surface area (Å²) in [6, 6.07) is 12.0. The molecule has 1 unspecified atom stereocenters. The molecule has 1 aliphatic rings. The van der Waals surface area contributed by atoms with Crippen molar-refractivity contribution >= 4 is 47.2 Å². The van der Waals surface area contributed by atoms with Crippen LogP contribution in [0, 0.1) is 0 Å². The van der Waals surface area contributed by atoms with Crippen LogP contribution in [0.1, 0.15) is 18.7 Å². The van der Waals surface area contributed by atoms with Crippen LogP contribution in [0.3, 0.4) is 0 Å². The van der Waals surface area contributed by atoms with E-state index in [2.05, 4.69) is 41.8 Å². The fourth-order valence-corrected chi connectivity index (χ4v) is 3.89. The van der Waals surface area contributed by atoms with E-state index in [1.54, 1.807) is 13.3 Å². The number of aromatic nitrogens is 3. The maximum absolute atomic E-state index is 6.38. The van der Waals surface area contributed by atoms with Crippen LogP contribution in [0.15, 0.2) is 52.1 Å². The number of nitrogens with zero attached hydrogens (tertiary/aromatic N) is 4. The number of guanidine groups is 1. The lowest BCUT2D eigenvalue weighted by molar-refractivity contribution is 0.468. The molecule has 3 heterocycles. The van der Waals surface area contributed by atoms with Crippen LogP contribution in [0.2, 0.25) is 5.02 Å². The molecule has 1 aliphatic heterocycles. The molecule has 1 aromatic carbocycles. The smallest absolute Gasteiger partial charge is 0.216 e. The molecule has 1 fully saturated rings. The van der Waals surface area contributed by atoms with Crippen molar-refractivity contribution < 1.29 is 4.42 Å². The lowest BCUT2D eigenvalue weighted by Crippen LogP contribution is -2.51. The Labute approximate surface area is 203 Å². The normalized spacial score (nSPS) is 16.6. The standard InChI is InChI=1S/C21H26ClN7O.HI/c1-23-21(24-11-10-19-26-20(28-27-19)18-9-5-13-30-18)25-15-6-4-12-29(14-15)17-8-3-2-7-16(17)22;/h2-3,5,7-9,13,15H,4,6,10-12,14H2,1H3,(H2,23,24,25)(H,26,27,28);1H. The molecule has 166 valence electrons. The third-order valence-corrected chi connectivity index (χ3v) is 5.43. The first-order valence-electron chi connectivity index (χ1n) is 10.1. The Kier molecular flexibility index (Phi) is 8.59. The first-order valence-corrected chi connectivity index (χ1v) is 10.5. The zero-order valence-electron chi connectivity index (χ0n) is 17.3. The van der Waals surface area contributed by atoms with E-state index < -0.39 is 0 Å². The zero-order chi connectivity index (χ0) is 20.8. The van der Waals surface area contributed by atoms with Gasteiger partial charge < -0.3 is 20.0 Å². The number of rotatable bonds is 6. The van der Waals surface area contributed by atoms with Gasteiger partial charge in [0.05, 0.1) is 17.0 Å². The van der Waals surface area contributed by atoms with Crippen LogP contribution < -0.4 is 15.5 Å². The average molecular weight is 556 g/mol. The predicted molar refractivity (Wildman–Crippen MR) is 134 cm³/mol. The molecule has 0 aliphatic carbocycles. The Morgan fingerprint density at radius 1 is 1.32 bits per heavy atom.